The Hall–Kier alpha value is -2.44. The van der Waals surface area contributed by atoms with Gasteiger partial charge in [-0.15, -0.1) is 10.2 Å². The lowest BCUT2D eigenvalue weighted by atomic mass is 10.2. The van der Waals surface area contributed by atoms with Crippen molar-refractivity contribution in [2.24, 2.45) is 7.05 Å². The molecule has 0 aromatic carbocycles. The summed E-state index contributed by atoms with van der Waals surface area (Å²) in [7, 11) is 1.83. The number of nitrogens with one attached hydrogen (secondary N) is 2. The van der Waals surface area contributed by atoms with Crippen LogP contribution in [0.2, 0.25) is 0 Å². The van der Waals surface area contributed by atoms with Crippen molar-refractivity contribution in [1.82, 2.24) is 25.1 Å². The Morgan fingerprint density at radius 1 is 1.42 bits per heavy atom. The minimum Gasteiger partial charge on any atom is -0.370 e. The van der Waals surface area contributed by atoms with Gasteiger partial charge < -0.3 is 15.2 Å². The second-order valence-electron chi connectivity index (χ2n) is 4.00. The van der Waals surface area contributed by atoms with Crippen molar-refractivity contribution in [3.05, 3.63) is 36.0 Å². The molecule has 7 nitrogen and oxygen atoms in total. The quantitative estimate of drug-likeness (QED) is 0.821. The van der Waals surface area contributed by atoms with Crippen molar-refractivity contribution in [3.63, 3.8) is 0 Å². The topological polar surface area (TPSA) is 84.7 Å². The fourth-order valence-corrected chi connectivity index (χ4v) is 1.54. The molecular formula is C12H16N6O. The van der Waals surface area contributed by atoms with E-state index in [2.05, 4.69) is 25.8 Å². The van der Waals surface area contributed by atoms with E-state index < -0.39 is 0 Å². The highest BCUT2D eigenvalue weighted by molar-refractivity contribution is 5.93. The zero-order valence-electron chi connectivity index (χ0n) is 10.9. The van der Waals surface area contributed by atoms with Gasteiger partial charge in [0, 0.05) is 19.8 Å². The molecule has 1 amide bonds. The number of hydrogen-bond donors (Lipinski definition) is 2. The second kappa shape index (κ2) is 5.94. The molecule has 0 fully saturated rings. The molecule has 0 unspecified atom stereocenters. The molecule has 0 radical (unpaired) electrons. The Morgan fingerprint density at radius 3 is 2.84 bits per heavy atom. The van der Waals surface area contributed by atoms with E-state index >= 15 is 0 Å². The summed E-state index contributed by atoms with van der Waals surface area (Å²) in [6.07, 6.45) is 3.14. The van der Waals surface area contributed by atoms with E-state index in [-0.39, 0.29) is 5.91 Å². The maximum absolute atomic E-state index is 11.9. The fourth-order valence-electron chi connectivity index (χ4n) is 1.54. The molecule has 7 heteroatoms. The SMILES string of the molecule is CCNc1ccc(C(=O)NCc2nncn2C)cn1. The number of amides is 1. The van der Waals surface area contributed by atoms with Crippen molar-refractivity contribution in [2.45, 2.75) is 13.5 Å². The van der Waals surface area contributed by atoms with Crippen molar-refractivity contribution in [2.75, 3.05) is 11.9 Å². The lowest BCUT2D eigenvalue weighted by Crippen LogP contribution is -2.24. The van der Waals surface area contributed by atoms with Crippen LogP contribution in [0.3, 0.4) is 0 Å². The Labute approximate surface area is 111 Å². The third-order valence-corrected chi connectivity index (χ3v) is 2.60. The van der Waals surface area contributed by atoms with Gasteiger partial charge in [0.15, 0.2) is 5.82 Å². The highest BCUT2D eigenvalue weighted by atomic mass is 16.1. The molecule has 2 aromatic heterocycles. The maximum atomic E-state index is 11.9. The van der Waals surface area contributed by atoms with Crippen LogP contribution in [0, 0.1) is 0 Å². The number of aromatic nitrogens is 4. The Balaban J connectivity index is 1.94. The van der Waals surface area contributed by atoms with Crippen LogP contribution in [-0.2, 0) is 13.6 Å². The first-order valence-corrected chi connectivity index (χ1v) is 6.01. The number of anilines is 1. The average Bonchev–Trinajstić information content (AvgIpc) is 2.83. The standard InChI is InChI=1S/C12H16N6O/c1-3-13-10-5-4-9(6-14-10)12(19)15-7-11-17-16-8-18(11)2/h4-6,8H,3,7H2,1-2H3,(H,13,14)(H,15,19). The van der Waals surface area contributed by atoms with Crippen molar-refractivity contribution in [1.29, 1.82) is 0 Å². The molecule has 100 valence electrons. The van der Waals surface area contributed by atoms with Crippen LogP contribution in [-0.4, -0.2) is 32.2 Å². The molecule has 0 aliphatic carbocycles. The van der Waals surface area contributed by atoms with Gasteiger partial charge in [0.2, 0.25) is 0 Å². The summed E-state index contributed by atoms with van der Waals surface area (Å²) in [6.45, 7) is 3.12. The Bertz CT molecular complexity index is 548. The molecule has 19 heavy (non-hydrogen) atoms. The van der Waals surface area contributed by atoms with Gasteiger partial charge in [-0.3, -0.25) is 4.79 Å². The maximum Gasteiger partial charge on any atom is 0.253 e. The van der Waals surface area contributed by atoms with Gasteiger partial charge in [-0.05, 0) is 19.1 Å². The zero-order chi connectivity index (χ0) is 13.7. The molecule has 0 aliphatic heterocycles. The monoisotopic (exact) mass is 260 g/mol. The first-order valence-electron chi connectivity index (χ1n) is 6.01. The number of rotatable bonds is 5. The van der Waals surface area contributed by atoms with E-state index in [1.807, 2.05) is 14.0 Å². The van der Waals surface area contributed by atoms with Crippen molar-refractivity contribution in [3.8, 4) is 0 Å². The van der Waals surface area contributed by atoms with Gasteiger partial charge in [0.1, 0.15) is 12.1 Å². The molecule has 0 saturated heterocycles. The normalized spacial score (nSPS) is 10.2. The molecule has 2 rings (SSSR count). The van der Waals surface area contributed by atoms with Gasteiger partial charge in [-0.2, -0.15) is 0 Å². The number of carbonyl (C=O) groups excluding carboxylic acids is 1. The summed E-state index contributed by atoms with van der Waals surface area (Å²) in [5, 5.41) is 13.5. The van der Waals surface area contributed by atoms with E-state index in [0.29, 0.717) is 17.9 Å². The first kappa shape index (κ1) is 13.0. The minimum absolute atomic E-state index is 0.182. The lowest BCUT2D eigenvalue weighted by molar-refractivity contribution is 0.0949. The average molecular weight is 260 g/mol. The number of hydrogen-bond acceptors (Lipinski definition) is 5. The van der Waals surface area contributed by atoms with Crippen LogP contribution in [0.5, 0.6) is 0 Å². The molecule has 2 heterocycles. The predicted molar refractivity (Wildman–Crippen MR) is 70.6 cm³/mol. The molecular weight excluding hydrogens is 244 g/mol. The zero-order valence-corrected chi connectivity index (χ0v) is 10.9. The van der Waals surface area contributed by atoms with Crippen molar-refractivity contribution >= 4 is 11.7 Å². The predicted octanol–water partition coefficient (Wildman–Crippen LogP) is 0.572. The number of nitrogens with zero attached hydrogens (tertiary/aromatic N) is 4. The lowest BCUT2D eigenvalue weighted by Gasteiger charge is -2.06. The smallest absolute Gasteiger partial charge is 0.253 e. The van der Waals surface area contributed by atoms with E-state index in [0.717, 1.165) is 12.4 Å². The van der Waals surface area contributed by atoms with Crippen LogP contribution in [0.25, 0.3) is 0 Å². The van der Waals surface area contributed by atoms with Gasteiger partial charge in [-0.25, -0.2) is 4.98 Å². The summed E-state index contributed by atoms with van der Waals surface area (Å²) >= 11 is 0. The molecule has 0 aliphatic rings. The van der Waals surface area contributed by atoms with E-state index in [1.165, 1.54) is 0 Å². The summed E-state index contributed by atoms with van der Waals surface area (Å²) in [6, 6.07) is 3.51. The van der Waals surface area contributed by atoms with Gasteiger partial charge in [0.25, 0.3) is 5.91 Å². The van der Waals surface area contributed by atoms with Crippen LogP contribution in [0.15, 0.2) is 24.7 Å². The first-order chi connectivity index (χ1) is 9.20. The van der Waals surface area contributed by atoms with E-state index in [4.69, 9.17) is 0 Å². The van der Waals surface area contributed by atoms with Gasteiger partial charge in [0.05, 0.1) is 12.1 Å². The second-order valence-corrected chi connectivity index (χ2v) is 4.00. The van der Waals surface area contributed by atoms with E-state index in [1.54, 1.807) is 29.2 Å². The van der Waals surface area contributed by atoms with E-state index in [9.17, 15) is 4.79 Å². The Kier molecular flexibility index (Phi) is 4.07. The van der Waals surface area contributed by atoms with Gasteiger partial charge >= 0.3 is 0 Å². The molecule has 2 N–H and O–H groups in total. The van der Waals surface area contributed by atoms with Crippen LogP contribution >= 0.6 is 0 Å². The molecule has 2 aromatic rings. The third-order valence-electron chi connectivity index (χ3n) is 2.60. The summed E-state index contributed by atoms with van der Waals surface area (Å²) < 4.78 is 1.76. The highest BCUT2D eigenvalue weighted by Gasteiger charge is 2.07. The third kappa shape index (κ3) is 3.27. The largest absolute Gasteiger partial charge is 0.370 e. The van der Waals surface area contributed by atoms with Crippen LogP contribution < -0.4 is 10.6 Å². The molecule has 0 bridgehead atoms. The molecule has 0 atom stereocenters. The number of aryl methyl sites for hydroxylation is 1. The summed E-state index contributed by atoms with van der Waals surface area (Å²) in [5.41, 5.74) is 0.517. The molecule has 0 saturated carbocycles. The fraction of sp³-hybridized carbons (Fsp3) is 0.333. The van der Waals surface area contributed by atoms with Crippen LogP contribution in [0.4, 0.5) is 5.82 Å². The number of carbonyl (C=O) groups is 1. The molecule has 0 spiro atoms. The Morgan fingerprint density at radius 2 is 2.26 bits per heavy atom. The minimum atomic E-state index is -0.182. The number of pyridine rings is 1. The highest BCUT2D eigenvalue weighted by Crippen LogP contribution is 2.04. The van der Waals surface area contributed by atoms with Crippen LogP contribution in [0.1, 0.15) is 23.1 Å². The van der Waals surface area contributed by atoms with Gasteiger partial charge in [-0.1, -0.05) is 0 Å². The summed E-state index contributed by atoms with van der Waals surface area (Å²) in [5.74, 6) is 1.27. The summed E-state index contributed by atoms with van der Waals surface area (Å²) in [4.78, 5) is 16.0. The van der Waals surface area contributed by atoms with Crippen molar-refractivity contribution < 1.29 is 4.79 Å².